The molecule has 0 rings (SSSR count). The van der Waals surface area contributed by atoms with Crippen LogP contribution in [-0.4, -0.2) is 29.3 Å². The largest absolute Gasteiger partial charge is 2.00 e. The summed E-state index contributed by atoms with van der Waals surface area (Å²) in [5, 5.41) is 3.18. The van der Waals surface area contributed by atoms with E-state index < -0.39 is 0 Å². The molecule has 0 aromatic heterocycles. The third-order valence-corrected chi connectivity index (χ3v) is 1.66. The Morgan fingerprint density at radius 3 is 1.67 bits per heavy atom. The molecule has 0 aliphatic rings. The molecule has 5 heteroatoms. The van der Waals surface area contributed by atoms with E-state index >= 15 is 0 Å². The van der Waals surface area contributed by atoms with E-state index in [9.17, 15) is 0 Å². The van der Waals surface area contributed by atoms with E-state index in [1.807, 2.05) is 6.26 Å². The van der Waals surface area contributed by atoms with E-state index in [-0.39, 0.29) is 74.1 Å². The molecule has 0 radical (unpaired) electrons. The zero-order valence-electron chi connectivity index (χ0n) is 7.75. The second-order valence-electron chi connectivity index (χ2n) is 2.14. The molecule has 0 spiro atoms. The van der Waals surface area contributed by atoms with Crippen LogP contribution in [0.2, 0.25) is 0 Å². The summed E-state index contributed by atoms with van der Waals surface area (Å²) in [5.41, 5.74) is 1.34. The number of halogens is 2. The Labute approximate surface area is 128 Å². The van der Waals surface area contributed by atoms with Crippen LogP contribution < -0.4 is 34.0 Å². The molecule has 0 saturated heterocycles. The fourth-order valence-corrected chi connectivity index (χ4v) is 0.837. The minimum Gasteiger partial charge on any atom is -1.00 e. The fraction of sp³-hybridized carbons (Fsp3) is 0.714. The zero-order chi connectivity index (χ0) is 6.57. The third kappa shape index (κ3) is 18.2. The second-order valence-corrected chi connectivity index (χ2v) is 2.76. The Morgan fingerprint density at radius 1 is 1.25 bits per heavy atom. The summed E-state index contributed by atoms with van der Waals surface area (Å²) in [6.07, 6.45) is 2.03. The van der Waals surface area contributed by atoms with Gasteiger partial charge >= 0.3 is 40.1 Å². The van der Waals surface area contributed by atoms with Crippen LogP contribution in [0.4, 0.5) is 0 Å². The van der Waals surface area contributed by atoms with Gasteiger partial charge in [-0.25, -0.2) is 5.57 Å². The number of rotatable bonds is 2. The van der Waals surface area contributed by atoms with Gasteiger partial charge in [0, 0.05) is 0 Å². The maximum absolute atomic E-state index is 3.18. The Balaban J connectivity index is -0.0000000408. The molecule has 0 fully saturated rings. The van der Waals surface area contributed by atoms with Crippen molar-refractivity contribution in [1.29, 1.82) is 0 Å². The average molecular weight is 377 g/mol. The normalized spacial score (nSPS) is 8.58. The Hall–Kier alpha value is 2.34. The summed E-state index contributed by atoms with van der Waals surface area (Å²) in [6, 6.07) is 0. The minimum atomic E-state index is 0. The minimum absolute atomic E-state index is 0. The molecule has 12 heavy (non-hydrogen) atoms. The predicted octanol–water partition coefficient (Wildman–Crippen LogP) is -3.66. The SMILES string of the molecule is CS[C-]=C(C)C(C)C.[Br-].[Br-].[Cu+].[Mg+2]. The van der Waals surface area contributed by atoms with Crippen LogP contribution in [0, 0.1) is 11.3 Å². The molecular weight excluding hydrogens is 364 g/mol. The van der Waals surface area contributed by atoms with Crippen molar-refractivity contribution in [2.24, 2.45) is 5.92 Å². The van der Waals surface area contributed by atoms with Gasteiger partial charge < -0.3 is 51.1 Å². The van der Waals surface area contributed by atoms with Crippen LogP contribution in [0.3, 0.4) is 0 Å². The number of allylic oxidation sites excluding steroid dienone is 1. The molecule has 0 atom stereocenters. The summed E-state index contributed by atoms with van der Waals surface area (Å²) in [7, 11) is 0. The smallest absolute Gasteiger partial charge is 1.00 e. The molecule has 0 N–H and O–H groups in total. The number of hydrogen-bond acceptors (Lipinski definition) is 1. The average Bonchev–Trinajstić information content (AvgIpc) is 1.67. The van der Waals surface area contributed by atoms with Crippen LogP contribution in [-0.2, 0) is 17.1 Å². The van der Waals surface area contributed by atoms with E-state index in [4.69, 9.17) is 0 Å². The summed E-state index contributed by atoms with van der Waals surface area (Å²) in [5.74, 6) is 0.655. The van der Waals surface area contributed by atoms with Gasteiger partial charge in [-0.05, 0) is 6.26 Å². The van der Waals surface area contributed by atoms with Crippen LogP contribution >= 0.6 is 11.8 Å². The van der Waals surface area contributed by atoms with Gasteiger partial charge in [0.2, 0.25) is 0 Å². The van der Waals surface area contributed by atoms with Gasteiger partial charge in [0.1, 0.15) is 0 Å². The van der Waals surface area contributed by atoms with Crippen LogP contribution in [0.1, 0.15) is 20.8 Å². The molecule has 0 nitrogen and oxygen atoms in total. The van der Waals surface area contributed by atoms with E-state index in [1.54, 1.807) is 11.8 Å². The monoisotopic (exact) mass is 374 g/mol. The molecule has 0 aliphatic carbocycles. The number of thioether (sulfide) groups is 1. The molecule has 0 saturated carbocycles. The molecule has 0 aliphatic heterocycles. The van der Waals surface area contributed by atoms with Gasteiger partial charge in [-0.3, -0.25) is 0 Å². The molecule has 74 valence electrons. The summed E-state index contributed by atoms with van der Waals surface area (Å²) < 4.78 is 0. The Kier molecular flexibility index (Phi) is 46.3. The van der Waals surface area contributed by atoms with Gasteiger partial charge in [-0.1, -0.05) is 26.7 Å². The van der Waals surface area contributed by atoms with Crippen LogP contribution in [0.15, 0.2) is 5.57 Å². The van der Waals surface area contributed by atoms with Gasteiger partial charge in [0.15, 0.2) is 0 Å². The first-order valence-corrected chi connectivity index (χ1v) is 4.03. The van der Waals surface area contributed by atoms with Crippen molar-refractivity contribution in [3.05, 3.63) is 11.0 Å². The van der Waals surface area contributed by atoms with Crippen LogP contribution in [0.25, 0.3) is 0 Å². The van der Waals surface area contributed by atoms with Gasteiger partial charge in [0.25, 0.3) is 0 Å². The Morgan fingerprint density at radius 2 is 1.58 bits per heavy atom. The fourth-order valence-electron chi connectivity index (χ4n) is 0.279. The maximum atomic E-state index is 3.18. The molecule has 0 aromatic rings. The first-order valence-electron chi connectivity index (χ1n) is 2.81. The topological polar surface area (TPSA) is 0 Å². The zero-order valence-corrected chi connectivity index (χ0v) is 14.1. The first-order chi connectivity index (χ1) is 3.68. The summed E-state index contributed by atoms with van der Waals surface area (Å²) in [6.45, 7) is 6.47. The molecule has 0 amide bonds. The first kappa shape index (κ1) is 29.3. The van der Waals surface area contributed by atoms with Crippen molar-refractivity contribution in [2.45, 2.75) is 20.8 Å². The second kappa shape index (κ2) is 19.0. The maximum Gasteiger partial charge on any atom is 2.00 e. The van der Waals surface area contributed by atoms with Crippen molar-refractivity contribution in [3.8, 4) is 0 Å². The molecular formula is C7H13Br2CuMgS. The number of hydrogen-bond donors (Lipinski definition) is 0. The van der Waals surface area contributed by atoms with Crippen molar-refractivity contribution in [3.63, 3.8) is 0 Å². The van der Waals surface area contributed by atoms with Crippen LogP contribution in [0.5, 0.6) is 0 Å². The predicted molar refractivity (Wildman–Crippen MR) is 46.5 cm³/mol. The summed E-state index contributed by atoms with van der Waals surface area (Å²) in [4.78, 5) is 0. The standard InChI is InChI=1S/C7H13S.2BrH.Cu.Mg/c1-6(2)7(3)5-8-4;;;;/h6H,1-4H3;2*1H;;/q-1;;;+1;+2/p-2. The third-order valence-electron chi connectivity index (χ3n) is 1.13. The van der Waals surface area contributed by atoms with E-state index in [2.05, 4.69) is 26.2 Å². The van der Waals surface area contributed by atoms with Crippen molar-refractivity contribution >= 4 is 34.8 Å². The van der Waals surface area contributed by atoms with E-state index in [1.165, 1.54) is 5.57 Å². The summed E-state index contributed by atoms with van der Waals surface area (Å²) >= 11 is 1.65. The van der Waals surface area contributed by atoms with Gasteiger partial charge in [0.05, 0.1) is 0 Å². The van der Waals surface area contributed by atoms with Crippen molar-refractivity contribution in [1.82, 2.24) is 0 Å². The van der Waals surface area contributed by atoms with Crippen molar-refractivity contribution < 1.29 is 51.0 Å². The molecule has 0 aromatic carbocycles. The quantitative estimate of drug-likeness (QED) is 0.354. The molecule has 0 unspecified atom stereocenters. The van der Waals surface area contributed by atoms with Gasteiger partial charge in [-0.2, -0.15) is 0 Å². The van der Waals surface area contributed by atoms with Crippen molar-refractivity contribution in [2.75, 3.05) is 6.26 Å². The van der Waals surface area contributed by atoms with Gasteiger partial charge in [-0.15, -0.1) is 0 Å². The Bertz CT molecular complexity index is 99.4. The van der Waals surface area contributed by atoms with E-state index in [0.717, 1.165) is 0 Å². The molecule has 0 heterocycles. The molecule has 0 bridgehead atoms. The van der Waals surface area contributed by atoms with E-state index in [0.29, 0.717) is 5.92 Å².